The van der Waals surface area contributed by atoms with Gasteiger partial charge in [-0.05, 0) is 45.2 Å². The quantitative estimate of drug-likeness (QED) is 0.802. The van der Waals surface area contributed by atoms with E-state index in [9.17, 15) is 0 Å². The van der Waals surface area contributed by atoms with E-state index >= 15 is 0 Å². The zero-order chi connectivity index (χ0) is 12.1. The average Bonchev–Trinajstić information content (AvgIpc) is 2.53. The summed E-state index contributed by atoms with van der Waals surface area (Å²) in [5, 5.41) is 7.93. The van der Waals surface area contributed by atoms with E-state index in [0.717, 1.165) is 18.7 Å². The molecular weight excluding hydrogens is 198 g/mol. The fourth-order valence-corrected chi connectivity index (χ4v) is 1.94. The highest BCUT2D eigenvalue weighted by atomic mass is 15.3. The molecule has 0 saturated heterocycles. The van der Waals surface area contributed by atoms with Crippen LogP contribution in [0.2, 0.25) is 0 Å². The van der Waals surface area contributed by atoms with Crippen LogP contribution in [-0.4, -0.2) is 22.4 Å². The lowest BCUT2D eigenvalue weighted by atomic mass is 9.97. The summed E-state index contributed by atoms with van der Waals surface area (Å²) in [6.45, 7) is 9.93. The second kappa shape index (κ2) is 6.04. The summed E-state index contributed by atoms with van der Waals surface area (Å²) >= 11 is 0. The Morgan fingerprint density at radius 2 is 2.12 bits per heavy atom. The maximum absolute atomic E-state index is 4.38. The fourth-order valence-electron chi connectivity index (χ4n) is 1.94. The van der Waals surface area contributed by atoms with Gasteiger partial charge in [-0.15, -0.1) is 0 Å². The van der Waals surface area contributed by atoms with Crippen molar-refractivity contribution in [1.82, 2.24) is 15.1 Å². The number of aryl methyl sites for hydroxylation is 2. The molecule has 0 amide bonds. The first-order valence-electron chi connectivity index (χ1n) is 6.27. The van der Waals surface area contributed by atoms with Crippen molar-refractivity contribution in [3.05, 3.63) is 17.5 Å². The molecule has 0 aromatic carbocycles. The number of aromatic nitrogens is 2. The Bertz CT molecular complexity index is 317. The molecule has 16 heavy (non-hydrogen) atoms. The molecule has 1 N–H and O–H groups in total. The topological polar surface area (TPSA) is 29.9 Å². The van der Waals surface area contributed by atoms with Gasteiger partial charge in [-0.3, -0.25) is 4.68 Å². The van der Waals surface area contributed by atoms with Gasteiger partial charge in [-0.1, -0.05) is 13.8 Å². The Morgan fingerprint density at radius 1 is 1.44 bits per heavy atom. The lowest BCUT2D eigenvalue weighted by Gasteiger charge is -2.21. The SMILES string of the molecule is CCCNC(C)C(C)Cc1cc(C)nn1C. The molecular formula is C13H25N3. The van der Waals surface area contributed by atoms with Gasteiger partial charge in [-0.2, -0.15) is 5.10 Å². The van der Waals surface area contributed by atoms with Gasteiger partial charge in [0.05, 0.1) is 5.69 Å². The first-order chi connectivity index (χ1) is 7.54. The van der Waals surface area contributed by atoms with Crippen LogP contribution in [0.5, 0.6) is 0 Å². The van der Waals surface area contributed by atoms with Crippen molar-refractivity contribution >= 4 is 0 Å². The third kappa shape index (κ3) is 3.63. The van der Waals surface area contributed by atoms with Crippen LogP contribution in [0, 0.1) is 12.8 Å². The van der Waals surface area contributed by atoms with Gasteiger partial charge in [0.2, 0.25) is 0 Å². The summed E-state index contributed by atoms with van der Waals surface area (Å²) in [5.74, 6) is 0.640. The molecule has 3 heteroatoms. The highest BCUT2D eigenvalue weighted by Gasteiger charge is 2.14. The van der Waals surface area contributed by atoms with Crippen molar-refractivity contribution in [2.24, 2.45) is 13.0 Å². The third-order valence-electron chi connectivity index (χ3n) is 3.20. The van der Waals surface area contributed by atoms with Crippen LogP contribution in [0.3, 0.4) is 0 Å². The minimum Gasteiger partial charge on any atom is -0.314 e. The minimum atomic E-state index is 0.565. The van der Waals surface area contributed by atoms with Crippen LogP contribution < -0.4 is 5.32 Å². The van der Waals surface area contributed by atoms with E-state index < -0.39 is 0 Å². The fraction of sp³-hybridized carbons (Fsp3) is 0.769. The molecule has 2 atom stereocenters. The average molecular weight is 223 g/mol. The van der Waals surface area contributed by atoms with Crippen molar-refractivity contribution in [1.29, 1.82) is 0 Å². The molecule has 1 aromatic heterocycles. The molecule has 0 aliphatic heterocycles. The van der Waals surface area contributed by atoms with Gasteiger partial charge in [0.15, 0.2) is 0 Å². The molecule has 0 saturated carbocycles. The summed E-state index contributed by atoms with van der Waals surface area (Å²) in [5.41, 5.74) is 2.44. The van der Waals surface area contributed by atoms with Crippen molar-refractivity contribution in [3.8, 4) is 0 Å². The molecule has 2 unspecified atom stereocenters. The predicted octanol–water partition coefficient (Wildman–Crippen LogP) is 2.30. The van der Waals surface area contributed by atoms with Crippen molar-refractivity contribution in [2.45, 2.75) is 46.6 Å². The van der Waals surface area contributed by atoms with Crippen LogP contribution in [0.4, 0.5) is 0 Å². The zero-order valence-electron chi connectivity index (χ0n) is 11.2. The highest BCUT2D eigenvalue weighted by molar-refractivity contribution is 5.09. The lowest BCUT2D eigenvalue weighted by molar-refractivity contribution is 0.392. The van der Waals surface area contributed by atoms with Crippen LogP contribution >= 0.6 is 0 Å². The van der Waals surface area contributed by atoms with Crippen molar-refractivity contribution < 1.29 is 0 Å². The molecule has 1 heterocycles. The lowest BCUT2D eigenvalue weighted by Crippen LogP contribution is -2.33. The van der Waals surface area contributed by atoms with Crippen LogP contribution in [0.1, 0.15) is 38.6 Å². The predicted molar refractivity (Wildman–Crippen MR) is 68.6 cm³/mol. The van der Waals surface area contributed by atoms with Gasteiger partial charge >= 0.3 is 0 Å². The van der Waals surface area contributed by atoms with Crippen molar-refractivity contribution in [3.63, 3.8) is 0 Å². The first kappa shape index (κ1) is 13.2. The highest BCUT2D eigenvalue weighted by Crippen LogP contribution is 2.12. The number of rotatable bonds is 6. The number of nitrogens with one attached hydrogen (secondary N) is 1. The van der Waals surface area contributed by atoms with Gasteiger partial charge in [0.1, 0.15) is 0 Å². The summed E-state index contributed by atoms with van der Waals surface area (Å²) in [6, 6.07) is 2.75. The Labute approximate surface area is 99.2 Å². The van der Waals surface area contributed by atoms with Crippen LogP contribution in [-0.2, 0) is 13.5 Å². The normalized spacial score (nSPS) is 15.1. The van der Waals surface area contributed by atoms with Gasteiger partial charge in [0, 0.05) is 18.8 Å². The van der Waals surface area contributed by atoms with Gasteiger partial charge < -0.3 is 5.32 Å². The molecule has 0 spiro atoms. The number of hydrogen-bond acceptors (Lipinski definition) is 2. The van der Waals surface area contributed by atoms with Crippen LogP contribution in [0.25, 0.3) is 0 Å². The molecule has 3 nitrogen and oxygen atoms in total. The van der Waals surface area contributed by atoms with Crippen LogP contribution in [0.15, 0.2) is 6.07 Å². The van der Waals surface area contributed by atoms with Gasteiger partial charge in [-0.25, -0.2) is 0 Å². The molecule has 0 fully saturated rings. The van der Waals surface area contributed by atoms with Crippen molar-refractivity contribution in [2.75, 3.05) is 6.54 Å². The first-order valence-corrected chi connectivity index (χ1v) is 6.27. The standard InChI is InChI=1S/C13H25N3/c1-6-7-14-12(4)10(2)8-13-9-11(3)15-16(13)5/h9-10,12,14H,6-8H2,1-5H3. The molecule has 0 bridgehead atoms. The van der Waals surface area contributed by atoms with E-state index in [4.69, 9.17) is 0 Å². The van der Waals surface area contributed by atoms with E-state index in [1.807, 2.05) is 18.7 Å². The molecule has 1 aromatic rings. The molecule has 0 aliphatic carbocycles. The molecule has 0 radical (unpaired) electrons. The Morgan fingerprint density at radius 3 is 2.62 bits per heavy atom. The smallest absolute Gasteiger partial charge is 0.0596 e. The summed E-state index contributed by atoms with van der Waals surface area (Å²) in [4.78, 5) is 0. The minimum absolute atomic E-state index is 0.565. The van der Waals surface area contributed by atoms with E-state index in [-0.39, 0.29) is 0 Å². The summed E-state index contributed by atoms with van der Waals surface area (Å²) < 4.78 is 2.00. The van der Waals surface area contributed by atoms with E-state index in [2.05, 4.69) is 37.3 Å². The second-order valence-electron chi connectivity index (χ2n) is 4.82. The van der Waals surface area contributed by atoms with E-state index in [0.29, 0.717) is 12.0 Å². The molecule has 0 aliphatic rings. The maximum Gasteiger partial charge on any atom is 0.0596 e. The van der Waals surface area contributed by atoms with E-state index in [1.54, 1.807) is 0 Å². The largest absolute Gasteiger partial charge is 0.314 e. The Balaban J connectivity index is 2.50. The number of hydrogen-bond donors (Lipinski definition) is 1. The second-order valence-corrected chi connectivity index (χ2v) is 4.82. The molecule has 92 valence electrons. The Kier molecular flexibility index (Phi) is 5.00. The number of nitrogens with zero attached hydrogens (tertiary/aromatic N) is 2. The molecule has 1 rings (SSSR count). The van der Waals surface area contributed by atoms with E-state index in [1.165, 1.54) is 12.1 Å². The third-order valence-corrected chi connectivity index (χ3v) is 3.20. The Hall–Kier alpha value is -0.830. The van der Waals surface area contributed by atoms with Gasteiger partial charge in [0.25, 0.3) is 0 Å². The maximum atomic E-state index is 4.38. The zero-order valence-corrected chi connectivity index (χ0v) is 11.2. The summed E-state index contributed by atoms with van der Waals surface area (Å²) in [7, 11) is 2.03. The monoisotopic (exact) mass is 223 g/mol. The summed E-state index contributed by atoms with van der Waals surface area (Å²) in [6.07, 6.45) is 2.29.